The Morgan fingerprint density at radius 3 is 2.71 bits per heavy atom. The Morgan fingerprint density at radius 1 is 1.29 bits per heavy atom. The second kappa shape index (κ2) is 7.77. The van der Waals surface area contributed by atoms with E-state index < -0.39 is 0 Å². The highest BCUT2D eigenvalue weighted by Gasteiger charge is 2.07. The number of halogens is 1. The first-order valence-electron chi connectivity index (χ1n) is 5.94. The summed E-state index contributed by atoms with van der Waals surface area (Å²) in [6.07, 6.45) is 5.33. The van der Waals surface area contributed by atoms with E-state index in [0.29, 0.717) is 5.15 Å². The van der Waals surface area contributed by atoms with E-state index in [-0.39, 0.29) is 0 Å². The molecule has 1 N–H and O–H groups in total. The Labute approximate surface area is 113 Å². The van der Waals surface area contributed by atoms with Crippen molar-refractivity contribution in [3.05, 3.63) is 16.5 Å². The van der Waals surface area contributed by atoms with Gasteiger partial charge in [0.2, 0.25) is 0 Å². The molecule has 5 heteroatoms. The topological polar surface area (TPSA) is 37.8 Å². The van der Waals surface area contributed by atoms with E-state index in [9.17, 15) is 0 Å². The molecule has 1 aromatic heterocycles. The van der Waals surface area contributed by atoms with Crippen LogP contribution in [0.2, 0.25) is 5.15 Å². The molecule has 0 amide bonds. The molecule has 0 radical (unpaired) electrons. The molecule has 0 aliphatic rings. The van der Waals surface area contributed by atoms with Crippen molar-refractivity contribution in [2.45, 2.75) is 33.1 Å². The zero-order valence-corrected chi connectivity index (χ0v) is 12.3. The summed E-state index contributed by atoms with van der Waals surface area (Å²) in [5.41, 5.74) is 0.939. The maximum Gasteiger partial charge on any atom is 0.137 e. The molecule has 0 unspecified atom stereocenters. The molecule has 3 nitrogen and oxygen atoms in total. The zero-order valence-electron chi connectivity index (χ0n) is 10.7. The van der Waals surface area contributed by atoms with Crippen LogP contribution in [0, 0.1) is 6.92 Å². The van der Waals surface area contributed by atoms with Crippen molar-refractivity contribution in [3.63, 3.8) is 0 Å². The van der Waals surface area contributed by atoms with Crippen molar-refractivity contribution in [1.29, 1.82) is 0 Å². The largest absolute Gasteiger partial charge is 0.370 e. The number of hydrogen-bond donors (Lipinski definition) is 1. The molecule has 0 saturated carbocycles. The van der Waals surface area contributed by atoms with E-state index >= 15 is 0 Å². The van der Waals surface area contributed by atoms with Crippen LogP contribution in [0.1, 0.15) is 31.2 Å². The first-order valence-corrected chi connectivity index (χ1v) is 7.72. The van der Waals surface area contributed by atoms with E-state index in [1.165, 1.54) is 12.2 Å². The number of rotatable bonds is 7. The van der Waals surface area contributed by atoms with Crippen LogP contribution in [0.3, 0.4) is 0 Å². The Kier molecular flexibility index (Phi) is 6.66. The number of hydrogen-bond acceptors (Lipinski definition) is 4. The van der Waals surface area contributed by atoms with Gasteiger partial charge >= 0.3 is 0 Å². The van der Waals surface area contributed by atoms with Gasteiger partial charge in [0.15, 0.2) is 0 Å². The van der Waals surface area contributed by atoms with Gasteiger partial charge in [0, 0.05) is 18.5 Å². The number of aromatic nitrogens is 2. The van der Waals surface area contributed by atoms with Gasteiger partial charge in [0.1, 0.15) is 16.8 Å². The van der Waals surface area contributed by atoms with Gasteiger partial charge < -0.3 is 5.32 Å². The SMILES string of the molecule is CCc1nc(Cl)c(C)c(NCCCCSC)n1. The molecule has 96 valence electrons. The van der Waals surface area contributed by atoms with Crippen molar-refractivity contribution >= 4 is 29.2 Å². The molecule has 0 fully saturated rings. The maximum absolute atomic E-state index is 6.07. The zero-order chi connectivity index (χ0) is 12.7. The lowest BCUT2D eigenvalue weighted by Gasteiger charge is -2.10. The summed E-state index contributed by atoms with van der Waals surface area (Å²) in [7, 11) is 0. The minimum atomic E-state index is 0.559. The summed E-state index contributed by atoms with van der Waals surface area (Å²) in [4.78, 5) is 8.68. The summed E-state index contributed by atoms with van der Waals surface area (Å²) in [5.74, 6) is 2.89. The minimum absolute atomic E-state index is 0.559. The average Bonchev–Trinajstić information content (AvgIpc) is 2.33. The normalized spacial score (nSPS) is 10.6. The predicted molar refractivity (Wildman–Crippen MR) is 77.3 cm³/mol. The summed E-state index contributed by atoms with van der Waals surface area (Å²) < 4.78 is 0. The molecule has 1 aromatic rings. The minimum Gasteiger partial charge on any atom is -0.370 e. The van der Waals surface area contributed by atoms with Crippen LogP contribution in [0.4, 0.5) is 5.82 Å². The lowest BCUT2D eigenvalue weighted by Crippen LogP contribution is -2.08. The lowest BCUT2D eigenvalue weighted by atomic mass is 10.3. The Hall–Kier alpha value is -0.480. The standard InChI is InChI=1S/C12H20ClN3S/c1-4-10-15-11(13)9(2)12(16-10)14-7-5-6-8-17-3/h4-8H2,1-3H3,(H,14,15,16). The first-order chi connectivity index (χ1) is 8.19. The summed E-state index contributed by atoms with van der Waals surface area (Å²) >= 11 is 7.95. The van der Waals surface area contributed by atoms with E-state index in [1.54, 1.807) is 0 Å². The molecule has 1 heterocycles. The van der Waals surface area contributed by atoms with Crippen LogP contribution in [0.5, 0.6) is 0 Å². The third-order valence-electron chi connectivity index (χ3n) is 2.52. The fraction of sp³-hybridized carbons (Fsp3) is 0.667. The van der Waals surface area contributed by atoms with Crippen LogP contribution < -0.4 is 5.32 Å². The van der Waals surface area contributed by atoms with Crippen molar-refractivity contribution in [2.75, 3.05) is 23.9 Å². The predicted octanol–water partition coefficient (Wildman–Crippen LogP) is 3.56. The fourth-order valence-corrected chi connectivity index (χ4v) is 2.12. The smallest absolute Gasteiger partial charge is 0.137 e. The summed E-state index contributed by atoms with van der Waals surface area (Å²) in [6, 6.07) is 0. The number of nitrogens with zero attached hydrogens (tertiary/aromatic N) is 2. The van der Waals surface area contributed by atoms with E-state index in [4.69, 9.17) is 11.6 Å². The van der Waals surface area contributed by atoms with Gasteiger partial charge in [-0.15, -0.1) is 0 Å². The molecule has 0 aliphatic carbocycles. The molecular formula is C12H20ClN3S. The van der Waals surface area contributed by atoms with E-state index in [1.807, 2.05) is 25.6 Å². The maximum atomic E-state index is 6.07. The van der Waals surface area contributed by atoms with Gasteiger partial charge in [-0.25, -0.2) is 9.97 Å². The number of nitrogens with one attached hydrogen (secondary N) is 1. The van der Waals surface area contributed by atoms with Crippen LogP contribution in [-0.4, -0.2) is 28.5 Å². The van der Waals surface area contributed by atoms with Gasteiger partial charge in [-0.3, -0.25) is 0 Å². The van der Waals surface area contributed by atoms with Gasteiger partial charge in [-0.05, 0) is 31.8 Å². The second-order valence-corrected chi connectivity index (χ2v) is 5.23. The van der Waals surface area contributed by atoms with Crippen LogP contribution in [-0.2, 0) is 6.42 Å². The number of aryl methyl sites for hydroxylation is 1. The molecular weight excluding hydrogens is 254 g/mol. The molecule has 17 heavy (non-hydrogen) atoms. The highest BCUT2D eigenvalue weighted by Crippen LogP contribution is 2.20. The summed E-state index contributed by atoms with van der Waals surface area (Å²) in [5, 5.41) is 3.90. The first kappa shape index (κ1) is 14.6. The number of anilines is 1. The van der Waals surface area contributed by atoms with Crippen LogP contribution in [0.15, 0.2) is 0 Å². The molecule has 0 saturated heterocycles. The highest BCUT2D eigenvalue weighted by atomic mass is 35.5. The molecule has 0 aliphatic heterocycles. The molecule has 0 bridgehead atoms. The van der Waals surface area contributed by atoms with Crippen LogP contribution in [0.25, 0.3) is 0 Å². The van der Waals surface area contributed by atoms with E-state index in [0.717, 1.165) is 36.6 Å². The third kappa shape index (κ3) is 4.72. The second-order valence-electron chi connectivity index (χ2n) is 3.88. The highest BCUT2D eigenvalue weighted by molar-refractivity contribution is 7.98. The van der Waals surface area contributed by atoms with Crippen molar-refractivity contribution < 1.29 is 0 Å². The average molecular weight is 274 g/mol. The molecule has 0 spiro atoms. The Bertz CT molecular complexity index is 358. The lowest BCUT2D eigenvalue weighted by molar-refractivity contribution is 0.832. The van der Waals surface area contributed by atoms with E-state index in [2.05, 4.69) is 21.5 Å². The third-order valence-corrected chi connectivity index (χ3v) is 3.58. The number of unbranched alkanes of at least 4 members (excludes halogenated alkanes) is 1. The summed E-state index contributed by atoms with van der Waals surface area (Å²) in [6.45, 7) is 4.92. The Balaban J connectivity index is 2.54. The molecule has 1 rings (SSSR count). The monoisotopic (exact) mass is 273 g/mol. The van der Waals surface area contributed by atoms with Gasteiger partial charge in [-0.1, -0.05) is 18.5 Å². The van der Waals surface area contributed by atoms with Gasteiger partial charge in [-0.2, -0.15) is 11.8 Å². The molecule has 0 atom stereocenters. The van der Waals surface area contributed by atoms with Crippen LogP contribution >= 0.6 is 23.4 Å². The quantitative estimate of drug-likeness (QED) is 0.609. The number of thioether (sulfide) groups is 1. The van der Waals surface area contributed by atoms with Crippen molar-refractivity contribution in [2.24, 2.45) is 0 Å². The van der Waals surface area contributed by atoms with Crippen molar-refractivity contribution in [1.82, 2.24) is 9.97 Å². The van der Waals surface area contributed by atoms with Gasteiger partial charge in [0.05, 0.1) is 0 Å². The van der Waals surface area contributed by atoms with Gasteiger partial charge in [0.25, 0.3) is 0 Å². The molecule has 0 aromatic carbocycles. The Morgan fingerprint density at radius 2 is 2.06 bits per heavy atom. The fourth-order valence-electron chi connectivity index (χ4n) is 1.44. The van der Waals surface area contributed by atoms with Crippen molar-refractivity contribution in [3.8, 4) is 0 Å².